The van der Waals surface area contributed by atoms with Crippen LogP contribution in [0.1, 0.15) is 25.6 Å². The molecule has 1 aromatic heterocycles. The van der Waals surface area contributed by atoms with Crippen molar-refractivity contribution in [3.8, 4) is 0 Å². The smallest absolute Gasteiger partial charge is 0.163 e. The van der Waals surface area contributed by atoms with E-state index in [0.717, 1.165) is 0 Å². The average Bonchev–Trinajstić information content (AvgIpc) is 2.59. The van der Waals surface area contributed by atoms with Gasteiger partial charge in [-0.05, 0) is 26.0 Å². The molecule has 0 bridgehead atoms. The Morgan fingerprint density at radius 1 is 1.53 bits per heavy atom. The van der Waals surface area contributed by atoms with Gasteiger partial charge in [0.25, 0.3) is 0 Å². The van der Waals surface area contributed by atoms with Crippen LogP contribution >= 0.6 is 0 Å². The lowest BCUT2D eigenvalue weighted by atomic mass is 10.1. The van der Waals surface area contributed by atoms with Crippen molar-refractivity contribution < 1.29 is 14.6 Å². The Labute approximate surface area is 88.9 Å². The minimum absolute atomic E-state index is 0.338. The zero-order chi connectivity index (χ0) is 10.9. The summed E-state index contributed by atoms with van der Waals surface area (Å²) in [5, 5.41) is 9.98. The van der Waals surface area contributed by atoms with Gasteiger partial charge in [-0.1, -0.05) is 6.07 Å². The molecule has 1 aliphatic heterocycles. The maximum absolute atomic E-state index is 9.98. The second kappa shape index (κ2) is 3.89. The van der Waals surface area contributed by atoms with Crippen LogP contribution < -0.4 is 0 Å². The third-order valence-electron chi connectivity index (χ3n) is 2.37. The molecular weight excluding hydrogens is 194 g/mol. The molecule has 0 amide bonds. The largest absolute Gasteiger partial charge is 0.384 e. The minimum Gasteiger partial charge on any atom is -0.384 e. The van der Waals surface area contributed by atoms with E-state index in [9.17, 15) is 5.11 Å². The van der Waals surface area contributed by atoms with Crippen LogP contribution in [0.25, 0.3) is 0 Å². The quantitative estimate of drug-likeness (QED) is 0.796. The highest BCUT2D eigenvalue weighted by atomic mass is 16.7. The Morgan fingerprint density at radius 2 is 2.33 bits per heavy atom. The number of nitrogens with zero attached hydrogens (tertiary/aromatic N) is 1. The maximum Gasteiger partial charge on any atom is 0.163 e. The fourth-order valence-electron chi connectivity index (χ4n) is 1.61. The minimum atomic E-state index is -0.729. The van der Waals surface area contributed by atoms with Crippen LogP contribution in [0, 0.1) is 0 Å². The standard InChI is InChI=1S/C11H15NO3/c1-11(2)14-7-9(15-11)10(13)8-5-3-4-6-12-8/h3-6,9-10,13H,7H2,1-2H3/t9-,10+/m1/s1. The third-order valence-corrected chi connectivity index (χ3v) is 2.37. The summed E-state index contributed by atoms with van der Waals surface area (Å²) in [7, 11) is 0. The number of aromatic nitrogens is 1. The Bertz CT molecular complexity index is 326. The van der Waals surface area contributed by atoms with E-state index in [1.54, 1.807) is 12.3 Å². The lowest BCUT2D eigenvalue weighted by Crippen LogP contribution is -2.25. The van der Waals surface area contributed by atoms with Crippen LogP contribution in [-0.2, 0) is 9.47 Å². The van der Waals surface area contributed by atoms with Gasteiger partial charge < -0.3 is 14.6 Å². The van der Waals surface area contributed by atoms with Crippen LogP contribution in [-0.4, -0.2) is 28.6 Å². The average molecular weight is 209 g/mol. The first kappa shape index (κ1) is 10.5. The molecule has 0 aromatic carbocycles. The van der Waals surface area contributed by atoms with E-state index in [1.165, 1.54) is 0 Å². The number of aliphatic hydroxyl groups is 1. The fourth-order valence-corrected chi connectivity index (χ4v) is 1.61. The fraction of sp³-hybridized carbons (Fsp3) is 0.545. The molecule has 1 saturated heterocycles. The van der Waals surface area contributed by atoms with Gasteiger partial charge in [-0.15, -0.1) is 0 Å². The van der Waals surface area contributed by atoms with Gasteiger partial charge in [-0.2, -0.15) is 0 Å². The van der Waals surface area contributed by atoms with E-state index < -0.39 is 11.9 Å². The SMILES string of the molecule is CC1(C)OC[C@H]([C@@H](O)c2ccccn2)O1. The van der Waals surface area contributed by atoms with Gasteiger partial charge in [-0.25, -0.2) is 0 Å². The summed E-state index contributed by atoms with van der Waals surface area (Å²) < 4.78 is 10.9. The van der Waals surface area contributed by atoms with E-state index in [2.05, 4.69) is 4.98 Å². The lowest BCUT2D eigenvalue weighted by Gasteiger charge is -2.19. The Hall–Kier alpha value is -0.970. The third kappa shape index (κ3) is 2.34. The molecule has 15 heavy (non-hydrogen) atoms. The number of pyridine rings is 1. The summed E-state index contributed by atoms with van der Waals surface area (Å²) in [4.78, 5) is 4.09. The molecule has 2 heterocycles. The van der Waals surface area contributed by atoms with Gasteiger partial charge in [0.05, 0.1) is 12.3 Å². The second-order valence-corrected chi connectivity index (χ2v) is 4.07. The number of ether oxygens (including phenoxy) is 2. The molecular formula is C11H15NO3. The van der Waals surface area contributed by atoms with Crippen molar-refractivity contribution >= 4 is 0 Å². The van der Waals surface area contributed by atoms with Crippen LogP contribution in [0.2, 0.25) is 0 Å². The molecule has 2 atom stereocenters. The molecule has 4 heteroatoms. The molecule has 1 fully saturated rings. The molecule has 1 N–H and O–H groups in total. The van der Waals surface area contributed by atoms with Crippen LogP contribution in [0.4, 0.5) is 0 Å². The molecule has 1 aromatic rings. The van der Waals surface area contributed by atoms with Gasteiger partial charge in [0, 0.05) is 6.20 Å². The summed E-state index contributed by atoms with van der Waals surface area (Å²) in [6, 6.07) is 5.43. The molecule has 0 aliphatic carbocycles. The monoisotopic (exact) mass is 209 g/mol. The number of hydrogen-bond acceptors (Lipinski definition) is 4. The molecule has 0 unspecified atom stereocenters. The van der Waals surface area contributed by atoms with Crippen molar-refractivity contribution in [2.45, 2.75) is 31.8 Å². The van der Waals surface area contributed by atoms with Crippen molar-refractivity contribution in [2.75, 3.05) is 6.61 Å². The van der Waals surface area contributed by atoms with E-state index in [-0.39, 0.29) is 6.10 Å². The van der Waals surface area contributed by atoms with E-state index in [4.69, 9.17) is 9.47 Å². The lowest BCUT2D eigenvalue weighted by molar-refractivity contribution is -0.151. The number of aliphatic hydroxyl groups excluding tert-OH is 1. The molecule has 2 rings (SSSR count). The highest BCUT2D eigenvalue weighted by molar-refractivity contribution is 5.08. The van der Waals surface area contributed by atoms with Gasteiger partial charge in [-0.3, -0.25) is 4.98 Å². The summed E-state index contributed by atoms with van der Waals surface area (Å²) >= 11 is 0. The van der Waals surface area contributed by atoms with E-state index in [0.29, 0.717) is 12.3 Å². The van der Waals surface area contributed by atoms with E-state index >= 15 is 0 Å². The van der Waals surface area contributed by atoms with Gasteiger partial charge in [0.2, 0.25) is 0 Å². The zero-order valence-corrected chi connectivity index (χ0v) is 8.88. The molecule has 1 aliphatic rings. The molecule has 0 spiro atoms. The highest BCUT2D eigenvalue weighted by Crippen LogP contribution is 2.29. The number of rotatable bonds is 2. The van der Waals surface area contributed by atoms with Crippen LogP contribution in [0.5, 0.6) is 0 Å². The summed E-state index contributed by atoms with van der Waals surface area (Å²) in [5.74, 6) is -0.611. The Morgan fingerprint density at radius 3 is 2.87 bits per heavy atom. The molecule has 4 nitrogen and oxygen atoms in total. The van der Waals surface area contributed by atoms with E-state index in [1.807, 2.05) is 26.0 Å². The second-order valence-electron chi connectivity index (χ2n) is 4.07. The topological polar surface area (TPSA) is 51.6 Å². The number of hydrogen-bond donors (Lipinski definition) is 1. The van der Waals surface area contributed by atoms with Gasteiger partial charge >= 0.3 is 0 Å². The molecule has 0 radical (unpaired) electrons. The van der Waals surface area contributed by atoms with Crippen LogP contribution in [0.3, 0.4) is 0 Å². The zero-order valence-electron chi connectivity index (χ0n) is 8.88. The van der Waals surface area contributed by atoms with Crippen molar-refractivity contribution in [1.82, 2.24) is 4.98 Å². The first-order valence-corrected chi connectivity index (χ1v) is 4.99. The Kier molecular flexibility index (Phi) is 2.73. The normalized spacial score (nSPS) is 26.5. The first-order valence-electron chi connectivity index (χ1n) is 4.99. The highest BCUT2D eigenvalue weighted by Gasteiger charge is 2.37. The maximum atomic E-state index is 9.98. The van der Waals surface area contributed by atoms with Crippen molar-refractivity contribution in [1.29, 1.82) is 0 Å². The summed E-state index contributed by atoms with van der Waals surface area (Å²) in [6.45, 7) is 4.06. The van der Waals surface area contributed by atoms with Crippen LogP contribution in [0.15, 0.2) is 24.4 Å². The predicted octanol–water partition coefficient (Wildman–Crippen LogP) is 1.27. The molecule has 0 saturated carbocycles. The van der Waals surface area contributed by atoms with Crippen molar-refractivity contribution in [3.05, 3.63) is 30.1 Å². The van der Waals surface area contributed by atoms with Gasteiger partial charge in [0.1, 0.15) is 12.2 Å². The molecule has 82 valence electrons. The van der Waals surface area contributed by atoms with Crippen molar-refractivity contribution in [3.63, 3.8) is 0 Å². The van der Waals surface area contributed by atoms with Crippen molar-refractivity contribution in [2.24, 2.45) is 0 Å². The van der Waals surface area contributed by atoms with Gasteiger partial charge in [0.15, 0.2) is 5.79 Å². The first-order chi connectivity index (χ1) is 7.08. The predicted molar refractivity (Wildman–Crippen MR) is 54.1 cm³/mol. The Balaban J connectivity index is 2.07. The summed E-state index contributed by atoms with van der Waals surface area (Å²) in [6.07, 6.45) is 0.586. The summed E-state index contributed by atoms with van der Waals surface area (Å²) in [5.41, 5.74) is 0.615.